The SMILES string of the molecule is O=C(O)C1CCN(c2ncnc(-c3nccs3)n2)CC1. The first-order valence-corrected chi connectivity index (χ1v) is 7.18. The Bertz CT molecular complexity index is 596. The third-order valence-electron chi connectivity index (χ3n) is 3.31. The number of aliphatic carboxylic acids is 1. The van der Waals surface area contributed by atoms with Crippen molar-refractivity contribution >= 4 is 23.3 Å². The van der Waals surface area contributed by atoms with Gasteiger partial charge in [-0.2, -0.15) is 4.98 Å². The summed E-state index contributed by atoms with van der Waals surface area (Å²) in [5, 5.41) is 11.6. The molecular formula is C12H13N5O2S. The van der Waals surface area contributed by atoms with Gasteiger partial charge in [0.15, 0.2) is 10.8 Å². The summed E-state index contributed by atoms with van der Waals surface area (Å²) in [6.07, 6.45) is 4.42. The Kier molecular flexibility index (Phi) is 3.55. The van der Waals surface area contributed by atoms with Gasteiger partial charge in [0.05, 0.1) is 5.92 Å². The number of carboxylic acids is 1. The van der Waals surface area contributed by atoms with Gasteiger partial charge in [0.2, 0.25) is 5.95 Å². The average molecular weight is 291 g/mol. The molecule has 0 atom stereocenters. The maximum Gasteiger partial charge on any atom is 0.306 e. The smallest absolute Gasteiger partial charge is 0.306 e. The molecule has 1 fully saturated rings. The third kappa shape index (κ3) is 2.60. The highest BCUT2D eigenvalue weighted by Gasteiger charge is 2.25. The van der Waals surface area contributed by atoms with Crippen LogP contribution in [0.2, 0.25) is 0 Å². The molecule has 8 heteroatoms. The Hall–Kier alpha value is -2.09. The van der Waals surface area contributed by atoms with Crippen LogP contribution >= 0.6 is 11.3 Å². The highest BCUT2D eigenvalue weighted by Crippen LogP contribution is 2.23. The van der Waals surface area contributed by atoms with Crippen LogP contribution in [0.1, 0.15) is 12.8 Å². The van der Waals surface area contributed by atoms with Crippen LogP contribution in [0.15, 0.2) is 17.9 Å². The summed E-state index contributed by atoms with van der Waals surface area (Å²) >= 11 is 1.48. The minimum Gasteiger partial charge on any atom is -0.481 e. The van der Waals surface area contributed by atoms with Crippen LogP contribution in [0, 0.1) is 5.92 Å². The summed E-state index contributed by atoms with van der Waals surface area (Å²) in [5.74, 6) is 0.176. The number of anilines is 1. The summed E-state index contributed by atoms with van der Waals surface area (Å²) in [4.78, 5) is 29.8. The standard InChI is InChI=1S/C12H13N5O2S/c18-11(19)8-1-4-17(5-2-8)12-15-7-14-9(16-12)10-13-3-6-20-10/h3,6-8H,1-2,4-5H2,(H,18,19). The van der Waals surface area contributed by atoms with E-state index in [1.807, 2.05) is 10.3 Å². The summed E-state index contributed by atoms with van der Waals surface area (Å²) in [6, 6.07) is 0. The van der Waals surface area contributed by atoms with Crippen LogP contribution in [-0.2, 0) is 4.79 Å². The second-order valence-corrected chi connectivity index (χ2v) is 5.44. The summed E-state index contributed by atoms with van der Waals surface area (Å²) in [7, 11) is 0. The van der Waals surface area contributed by atoms with Gasteiger partial charge in [-0.05, 0) is 12.8 Å². The molecule has 1 aliphatic rings. The molecule has 0 aromatic carbocycles. The fourth-order valence-corrected chi connectivity index (χ4v) is 2.78. The molecule has 1 aliphatic heterocycles. The Morgan fingerprint density at radius 2 is 2.10 bits per heavy atom. The molecular weight excluding hydrogens is 278 g/mol. The van der Waals surface area contributed by atoms with Crippen molar-refractivity contribution in [2.45, 2.75) is 12.8 Å². The van der Waals surface area contributed by atoms with Crippen LogP contribution in [0.25, 0.3) is 10.8 Å². The number of nitrogens with zero attached hydrogens (tertiary/aromatic N) is 5. The lowest BCUT2D eigenvalue weighted by molar-refractivity contribution is -0.142. The van der Waals surface area contributed by atoms with Crippen LogP contribution in [0.3, 0.4) is 0 Å². The average Bonchev–Trinajstić information content (AvgIpc) is 3.02. The Morgan fingerprint density at radius 3 is 2.75 bits per heavy atom. The van der Waals surface area contributed by atoms with E-state index in [-0.39, 0.29) is 5.92 Å². The molecule has 3 rings (SSSR count). The van der Waals surface area contributed by atoms with Gasteiger partial charge in [-0.15, -0.1) is 11.3 Å². The number of hydrogen-bond donors (Lipinski definition) is 1. The fourth-order valence-electron chi connectivity index (χ4n) is 2.20. The molecule has 2 aromatic rings. The number of piperidine rings is 1. The number of carbonyl (C=O) groups is 1. The molecule has 0 unspecified atom stereocenters. The van der Waals surface area contributed by atoms with Crippen molar-refractivity contribution in [3.8, 4) is 10.8 Å². The number of rotatable bonds is 3. The van der Waals surface area contributed by atoms with Gasteiger partial charge in [0.25, 0.3) is 0 Å². The zero-order chi connectivity index (χ0) is 13.9. The number of hydrogen-bond acceptors (Lipinski definition) is 7. The van der Waals surface area contributed by atoms with Crippen LogP contribution in [0.5, 0.6) is 0 Å². The molecule has 104 valence electrons. The maximum absolute atomic E-state index is 10.9. The second-order valence-electron chi connectivity index (χ2n) is 4.55. The molecule has 0 spiro atoms. The normalized spacial score (nSPS) is 16.3. The Labute approximate surface area is 119 Å². The van der Waals surface area contributed by atoms with Crippen LogP contribution in [-0.4, -0.2) is 44.1 Å². The first-order valence-electron chi connectivity index (χ1n) is 6.30. The van der Waals surface area contributed by atoms with Crippen molar-refractivity contribution < 1.29 is 9.90 Å². The Balaban J connectivity index is 1.75. The maximum atomic E-state index is 10.9. The first-order chi connectivity index (χ1) is 9.74. The summed E-state index contributed by atoms with van der Waals surface area (Å²) < 4.78 is 0. The predicted molar refractivity (Wildman–Crippen MR) is 73.5 cm³/mol. The molecule has 7 nitrogen and oxygen atoms in total. The quantitative estimate of drug-likeness (QED) is 0.911. The lowest BCUT2D eigenvalue weighted by atomic mass is 9.97. The molecule has 0 radical (unpaired) electrons. The molecule has 1 saturated heterocycles. The van der Waals surface area contributed by atoms with Gasteiger partial charge in [-0.3, -0.25) is 4.79 Å². The second kappa shape index (κ2) is 5.49. The number of carboxylic acid groups (broad SMARTS) is 1. The van der Waals surface area contributed by atoms with E-state index in [0.717, 1.165) is 5.01 Å². The van der Waals surface area contributed by atoms with Gasteiger partial charge < -0.3 is 10.0 Å². The highest BCUT2D eigenvalue weighted by atomic mass is 32.1. The predicted octanol–water partition coefficient (Wildman–Crippen LogP) is 1.30. The van der Waals surface area contributed by atoms with Crippen molar-refractivity contribution in [2.75, 3.05) is 18.0 Å². The fraction of sp³-hybridized carbons (Fsp3) is 0.417. The largest absolute Gasteiger partial charge is 0.481 e. The van der Waals surface area contributed by atoms with Crippen molar-refractivity contribution in [3.63, 3.8) is 0 Å². The molecule has 2 aromatic heterocycles. The van der Waals surface area contributed by atoms with Gasteiger partial charge in [-0.25, -0.2) is 15.0 Å². The van der Waals surface area contributed by atoms with E-state index in [1.165, 1.54) is 17.7 Å². The van der Waals surface area contributed by atoms with E-state index >= 15 is 0 Å². The molecule has 0 saturated carbocycles. The number of thiazole rings is 1. The minimum atomic E-state index is -0.719. The lowest BCUT2D eigenvalue weighted by Crippen LogP contribution is -2.37. The molecule has 3 heterocycles. The van der Waals surface area contributed by atoms with Crippen LogP contribution < -0.4 is 4.90 Å². The van der Waals surface area contributed by atoms with E-state index in [2.05, 4.69) is 19.9 Å². The van der Waals surface area contributed by atoms with E-state index in [0.29, 0.717) is 37.7 Å². The lowest BCUT2D eigenvalue weighted by Gasteiger charge is -2.29. The molecule has 0 amide bonds. The van der Waals surface area contributed by atoms with Crippen molar-refractivity contribution in [1.29, 1.82) is 0 Å². The summed E-state index contributed by atoms with van der Waals surface area (Å²) in [6.45, 7) is 1.30. The van der Waals surface area contributed by atoms with Gasteiger partial charge in [-0.1, -0.05) is 0 Å². The number of aromatic nitrogens is 4. The molecule has 0 aliphatic carbocycles. The highest BCUT2D eigenvalue weighted by molar-refractivity contribution is 7.12. The minimum absolute atomic E-state index is 0.258. The van der Waals surface area contributed by atoms with Gasteiger partial charge in [0.1, 0.15) is 6.33 Å². The Morgan fingerprint density at radius 1 is 1.30 bits per heavy atom. The van der Waals surface area contributed by atoms with E-state index in [4.69, 9.17) is 5.11 Å². The van der Waals surface area contributed by atoms with Crippen molar-refractivity contribution in [3.05, 3.63) is 17.9 Å². The van der Waals surface area contributed by atoms with Crippen molar-refractivity contribution in [2.24, 2.45) is 5.92 Å². The zero-order valence-corrected chi connectivity index (χ0v) is 11.5. The zero-order valence-electron chi connectivity index (χ0n) is 10.6. The van der Waals surface area contributed by atoms with Crippen molar-refractivity contribution in [1.82, 2.24) is 19.9 Å². The monoisotopic (exact) mass is 291 g/mol. The van der Waals surface area contributed by atoms with E-state index in [9.17, 15) is 4.79 Å². The molecule has 0 bridgehead atoms. The van der Waals surface area contributed by atoms with E-state index in [1.54, 1.807) is 6.20 Å². The first kappa shape index (κ1) is 12.9. The topological polar surface area (TPSA) is 92.1 Å². The van der Waals surface area contributed by atoms with Gasteiger partial charge in [0, 0.05) is 24.7 Å². The van der Waals surface area contributed by atoms with E-state index < -0.39 is 5.97 Å². The summed E-state index contributed by atoms with van der Waals surface area (Å²) in [5.41, 5.74) is 0. The third-order valence-corrected chi connectivity index (χ3v) is 4.08. The molecule has 1 N–H and O–H groups in total. The van der Waals surface area contributed by atoms with Gasteiger partial charge >= 0.3 is 5.97 Å². The van der Waals surface area contributed by atoms with Crippen LogP contribution in [0.4, 0.5) is 5.95 Å². The molecule has 20 heavy (non-hydrogen) atoms.